The Morgan fingerprint density at radius 3 is 2.43 bits per heavy atom. The molecule has 6 nitrogen and oxygen atoms in total. The van der Waals surface area contributed by atoms with Gasteiger partial charge in [0.15, 0.2) is 12.4 Å². The van der Waals surface area contributed by atoms with E-state index in [2.05, 4.69) is 5.32 Å². The van der Waals surface area contributed by atoms with Gasteiger partial charge in [-0.2, -0.15) is 0 Å². The van der Waals surface area contributed by atoms with Gasteiger partial charge in [-0.05, 0) is 61.6 Å². The van der Waals surface area contributed by atoms with Crippen LogP contribution < -0.4 is 5.32 Å². The maximum absolute atomic E-state index is 13.2. The van der Waals surface area contributed by atoms with Gasteiger partial charge in [-0.25, -0.2) is 4.79 Å². The highest BCUT2D eigenvalue weighted by Gasteiger charge is 2.24. The summed E-state index contributed by atoms with van der Waals surface area (Å²) in [5.74, 6) is -1.12. The van der Waals surface area contributed by atoms with E-state index in [1.54, 1.807) is 48.5 Å². The Hall–Kier alpha value is -4.32. The summed E-state index contributed by atoms with van der Waals surface area (Å²) in [4.78, 5) is 43.2. The fraction of sp³-hybridized carbons (Fsp3) is 0.172. The van der Waals surface area contributed by atoms with Gasteiger partial charge >= 0.3 is 5.97 Å². The average Bonchev–Trinajstić information content (AvgIpc) is 2.90. The van der Waals surface area contributed by atoms with Crippen LogP contribution in [0, 0.1) is 0 Å². The largest absolute Gasteiger partial charge is 0.454 e. The van der Waals surface area contributed by atoms with Crippen LogP contribution in [0.1, 0.15) is 55.2 Å². The molecule has 1 aliphatic carbocycles. The van der Waals surface area contributed by atoms with E-state index in [1.807, 2.05) is 30.3 Å². The van der Waals surface area contributed by atoms with Crippen molar-refractivity contribution in [2.45, 2.75) is 25.7 Å². The molecule has 1 amide bonds. The number of anilines is 1. The molecule has 0 unspecified atom stereocenters. The van der Waals surface area contributed by atoms with E-state index in [0.717, 1.165) is 47.8 Å². The van der Waals surface area contributed by atoms with Crippen molar-refractivity contribution in [2.24, 2.45) is 0 Å². The summed E-state index contributed by atoms with van der Waals surface area (Å²) in [5.41, 5.74) is 4.50. The molecule has 0 saturated heterocycles. The number of aromatic nitrogens is 1. The lowest BCUT2D eigenvalue weighted by Crippen LogP contribution is -2.19. The van der Waals surface area contributed by atoms with Crippen molar-refractivity contribution in [3.63, 3.8) is 0 Å². The van der Waals surface area contributed by atoms with Gasteiger partial charge in [-0.15, -0.1) is 0 Å². The molecule has 0 saturated carbocycles. The molecule has 1 aromatic heterocycles. The molecule has 0 spiro atoms. The van der Waals surface area contributed by atoms with Crippen molar-refractivity contribution in [3.8, 4) is 0 Å². The molecule has 0 fully saturated rings. The van der Waals surface area contributed by atoms with Gasteiger partial charge in [0, 0.05) is 27.9 Å². The number of hydrogen-bond acceptors (Lipinski definition) is 5. The normalized spacial score (nSPS) is 12.6. The number of pyridine rings is 1. The molecule has 1 aliphatic rings. The number of benzene rings is 3. The number of ether oxygens (including phenoxy) is 1. The van der Waals surface area contributed by atoms with Crippen LogP contribution in [0.3, 0.4) is 0 Å². The maximum Gasteiger partial charge on any atom is 0.339 e. The van der Waals surface area contributed by atoms with Crippen LogP contribution in [-0.2, 0) is 17.6 Å². The van der Waals surface area contributed by atoms with Crippen LogP contribution in [-0.4, -0.2) is 29.3 Å². The molecular formula is C29H24N2O4. The second-order valence-corrected chi connectivity index (χ2v) is 8.54. The van der Waals surface area contributed by atoms with E-state index in [-0.39, 0.29) is 18.3 Å². The van der Waals surface area contributed by atoms with Crippen LogP contribution in [0.4, 0.5) is 5.69 Å². The van der Waals surface area contributed by atoms with Crippen molar-refractivity contribution >= 4 is 34.3 Å². The van der Waals surface area contributed by atoms with E-state index in [0.29, 0.717) is 22.4 Å². The maximum atomic E-state index is 13.2. The molecule has 5 rings (SSSR count). The molecule has 0 bridgehead atoms. The third-order valence-electron chi connectivity index (χ3n) is 6.19. The Balaban J connectivity index is 1.32. The van der Waals surface area contributed by atoms with Gasteiger partial charge in [0.05, 0.1) is 11.1 Å². The summed E-state index contributed by atoms with van der Waals surface area (Å²) in [7, 11) is 0. The lowest BCUT2D eigenvalue weighted by Gasteiger charge is -2.19. The number of carbonyl (C=O) groups is 3. The Morgan fingerprint density at radius 2 is 1.57 bits per heavy atom. The van der Waals surface area contributed by atoms with Gasteiger partial charge in [-0.3, -0.25) is 14.6 Å². The summed E-state index contributed by atoms with van der Waals surface area (Å²) < 4.78 is 5.51. The summed E-state index contributed by atoms with van der Waals surface area (Å²) in [6.07, 6.45) is 3.64. The molecule has 1 heterocycles. The lowest BCUT2D eigenvalue weighted by molar-refractivity contribution is 0.0475. The summed E-state index contributed by atoms with van der Waals surface area (Å²) in [5, 5.41) is 3.54. The van der Waals surface area contributed by atoms with Gasteiger partial charge in [0.1, 0.15) is 0 Å². The first kappa shape index (κ1) is 22.5. The van der Waals surface area contributed by atoms with Gasteiger partial charge < -0.3 is 10.1 Å². The monoisotopic (exact) mass is 464 g/mol. The van der Waals surface area contributed by atoms with E-state index >= 15 is 0 Å². The van der Waals surface area contributed by atoms with E-state index in [9.17, 15) is 14.4 Å². The Kier molecular flexibility index (Phi) is 6.35. The predicted octanol–water partition coefficient (Wildman–Crippen LogP) is 5.41. The highest BCUT2D eigenvalue weighted by atomic mass is 16.5. The Bertz CT molecular complexity index is 1430. The molecule has 0 aliphatic heterocycles. The third-order valence-corrected chi connectivity index (χ3v) is 6.19. The number of nitrogens with one attached hydrogen (secondary N) is 1. The first-order valence-electron chi connectivity index (χ1n) is 11.7. The standard InChI is InChI=1S/C29H24N2O4/c32-26(20-11-8-12-21(17-20)30-28(33)19-9-2-1-3-10-19)18-35-29(34)27-22-13-4-6-15-24(22)31-25-16-7-5-14-23(25)27/h1-4,6,8-13,15,17H,5,7,14,16,18H2,(H,30,33). The quantitative estimate of drug-likeness (QED) is 0.305. The molecule has 1 N–H and O–H groups in total. The number of para-hydroxylation sites is 1. The summed E-state index contributed by atoms with van der Waals surface area (Å²) in [6.45, 7) is -0.389. The number of hydrogen-bond donors (Lipinski definition) is 1. The van der Waals surface area contributed by atoms with E-state index in [4.69, 9.17) is 9.72 Å². The number of esters is 1. The van der Waals surface area contributed by atoms with Crippen molar-refractivity contribution in [1.29, 1.82) is 0 Å². The smallest absolute Gasteiger partial charge is 0.339 e. The molecule has 0 atom stereocenters. The average molecular weight is 465 g/mol. The third kappa shape index (κ3) is 4.82. The SMILES string of the molecule is O=C(COC(=O)c1c2c(nc3ccccc13)CCCC2)c1cccc(NC(=O)c2ccccc2)c1. The molecule has 0 radical (unpaired) electrons. The van der Waals surface area contributed by atoms with Gasteiger partial charge in [0.2, 0.25) is 0 Å². The second-order valence-electron chi connectivity index (χ2n) is 8.54. The van der Waals surface area contributed by atoms with Crippen molar-refractivity contribution in [2.75, 3.05) is 11.9 Å². The second kappa shape index (κ2) is 9.89. The van der Waals surface area contributed by atoms with Crippen LogP contribution in [0.15, 0.2) is 78.9 Å². The number of fused-ring (bicyclic) bond motifs is 2. The van der Waals surface area contributed by atoms with Crippen LogP contribution in [0.5, 0.6) is 0 Å². The number of Topliss-reactive ketones (excluding diaryl/α,β-unsaturated/α-hetero) is 1. The Labute approximate surface area is 203 Å². The highest BCUT2D eigenvalue weighted by Crippen LogP contribution is 2.29. The number of nitrogens with zero attached hydrogens (tertiary/aromatic N) is 1. The van der Waals surface area contributed by atoms with Crippen molar-refractivity contribution in [3.05, 3.63) is 107 Å². The van der Waals surface area contributed by atoms with Crippen LogP contribution in [0.2, 0.25) is 0 Å². The zero-order chi connectivity index (χ0) is 24.2. The minimum Gasteiger partial charge on any atom is -0.454 e. The first-order valence-corrected chi connectivity index (χ1v) is 11.7. The number of carbonyl (C=O) groups excluding carboxylic acids is 3. The molecule has 174 valence electrons. The van der Waals surface area contributed by atoms with E-state index in [1.165, 1.54) is 0 Å². The van der Waals surface area contributed by atoms with E-state index < -0.39 is 5.97 Å². The minimum absolute atomic E-state index is 0.268. The minimum atomic E-state index is -0.511. The fourth-order valence-corrected chi connectivity index (χ4v) is 4.46. The lowest BCUT2D eigenvalue weighted by atomic mass is 9.90. The van der Waals surface area contributed by atoms with Gasteiger partial charge in [-0.1, -0.05) is 48.5 Å². The zero-order valence-electron chi connectivity index (χ0n) is 19.1. The zero-order valence-corrected chi connectivity index (χ0v) is 19.1. The number of ketones is 1. The number of aryl methyl sites for hydroxylation is 1. The molecular weight excluding hydrogens is 440 g/mol. The van der Waals surface area contributed by atoms with Crippen LogP contribution in [0.25, 0.3) is 10.9 Å². The number of rotatable bonds is 6. The van der Waals surface area contributed by atoms with Crippen LogP contribution >= 0.6 is 0 Å². The Morgan fingerprint density at radius 1 is 0.829 bits per heavy atom. The highest BCUT2D eigenvalue weighted by molar-refractivity contribution is 6.07. The number of amides is 1. The van der Waals surface area contributed by atoms with Gasteiger partial charge in [0.25, 0.3) is 5.91 Å². The molecule has 6 heteroatoms. The molecule has 4 aromatic rings. The molecule has 3 aromatic carbocycles. The first-order chi connectivity index (χ1) is 17.1. The van der Waals surface area contributed by atoms with Crippen molar-refractivity contribution < 1.29 is 19.1 Å². The summed E-state index contributed by atoms with van der Waals surface area (Å²) >= 11 is 0. The summed E-state index contributed by atoms with van der Waals surface area (Å²) in [6, 6.07) is 23.0. The fourth-order valence-electron chi connectivity index (χ4n) is 4.46. The molecule has 35 heavy (non-hydrogen) atoms. The topological polar surface area (TPSA) is 85.4 Å². The van der Waals surface area contributed by atoms with Crippen molar-refractivity contribution in [1.82, 2.24) is 4.98 Å². The predicted molar refractivity (Wildman–Crippen MR) is 134 cm³/mol.